The molecular formula is C15H13NO. The first-order chi connectivity index (χ1) is 8.35. The maximum Gasteiger partial charge on any atom is 0.187 e. The molecule has 0 aliphatic rings. The average molecular weight is 223 g/mol. The van der Waals surface area contributed by atoms with Gasteiger partial charge in [-0.25, -0.2) is 4.85 Å². The second kappa shape index (κ2) is 5.29. The predicted molar refractivity (Wildman–Crippen MR) is 68.0 cm³/mol. The molecule has 0 aliphatic carbocycles. The van der Waals surface area contributed by atoms with Crippen LogP contribution >= 0.6 is 0 Å². The molecule has 0 spiro atoms. The lowest BCUT2D eigenvalue weighted by Crippen LogP contribution is -2.02. The lowest BCUT2D eigenvalue weighted by molar-refractivity contribution is 0.136. The number of hydrogen-bond acceptors (Lipinski definition) is 1. The minimum Gasteiger partial charge on any atom is -0.372 e. The van der Waals surface area contributed by atoms with Crippen LogP contribution in [0.2, 0.25) is 0 Å². The Morgan fingerprint density at radius 3 is 2.06 bits per heavy atom. The molecule has 0 saturated heterocycles. The van der Waals surface area contributed by atoms with Crippen molar-refractivity contribution in [3.05, 3.63) is 77.1 Å². The third kappa shape index (κ3) is 2.52. The van der Waals surface area contributed by atoms with Gasteiger partial charge in [-0.3, -0.25) is 0 Å². The van der Waals surface area contributed by atoms with E-state index in [9.17, 15) is 0 Å². The van der Waals surface area contributed by atoms with Crippen molar-refractivity contribution in [2.45, 2.75) is 6.10 Å². The summed E-state index contributed by atoms with van der Waals surface area (Å²) in [4.78, 5) is 3.38. The fourth-order valence-corrected chi connectivity index (χ4v) is 1.82. The number of nitrogens with zero attached hydrogens (tertiary/aromatic N) is 1. The first-order valence-electron chi connectivity index (χ1n) is 5.40. The van der Waals surface area contributed by atoms with Crippen LogP contribution in [0.1, 0.15) is 17.2 Å². The molecular weight excluding hydrogens is 210 g/mol. The van der Waals surface area contributed by atoms with Crippen LogP contribution in [-0.2, 0) is 4.74 Å². The van der Waals surface area contributed by atoms with Crippen LogP contribution in [0, 0.1) is 6.57 Å². The Bertz CT molecular complexity index is 511. The van der Waals surface area contributed by atoms with Gasteiger partial charge in [-0.2, -0.15) is 0 Å². The molecule has 0 N–H and O–H groups in total. The van der Waals surface area contributed by atoms with Crippen molar-refractivity contribution in [2.75, 3.05) is 7.11 Å². The molecule has 2 heteroatoms. The first-order valence-corrected chi connectivity index (χ1v) is 5.40. The molecule has 2 aromatic carbocycles. The van der Waals surface area contributed by atoms with Gasteiger partial charge in [0, 0.05) is 7.11 Å². The monoisotopic (exact) mass is 223 g/mol. The van der Waals surface area contributed by atoms with E-state index in [1.165, 1.54) is 0 Å². The fraction of sp³-hybridized carbons (Fsp3) is 0.133. The second-order valence-corrected chi connectivity index (χ2v) is 3.73. The third-order valence-electron chi connectivity index (χ3n) is 2.66. The molecule has 0 aliphatic heterocycles. The highest BCUT2D eigenvalue weighted by Crippen LogP contribution is 2.26. The number of ether oxygens (including phenoxy) is 1. The lowest BCUT2D eigenvalue weighted by atomic mass is 10.0. The van der Waals surface area contributed by atoms with E-state index in [1.807, 2.05) is 54.6 Å². The van der Waals surface area contributed by atoms with Crippen molar-refractivity contribution in [3.63, 3.8) is 0 Å². The van der Waals surface area contributed by atoms with E-state index in [-0.39, 0.29) is 6.10 Å². The molecule has 0 bridgehead atoms. The van der Waals surface area contributed by atoms with Crippen LogP contribution in [0.15, 0.2) is 54.6 Å². The van der Waals surface area contributed by atoms with E-state index in [1.54, 1.807) is 7.11 Å². The quantitative estimate of drug-likeness (QED) is 0.718. The second-order valence-electron chi connectivity index (χ2n) is 3.73. The Morgan fingerprint density at radius 1 is 0.941 bits per heavy atom. The number of benzene rings is 2. The Kier molecular flexibility index (Phi) is 3.54. The molecule has 0 saturated carbocycles. The largest absolute Gasteiger partial charge is 0.372 e. The lowest BCUT2D eigenvalue weighted by Gasteiger charge is -2.16. The highest BCUT2D eigenvalue weighted by atomic mass is 16.5. The molecule has 0 fully saturated rings. The van der Waals surface area contributed by atoms with Crippen LogP contribution in [0.4, 0.5) is 5.69 Å². The summed E-state index contributed by atoms with van der Waals surface area (Å²) in [5.74, 6) is 0. The van der Waals surface area contributed by atoms with E-state index in [0.717, 1.165) is 11.1 Å². The van der Waals surface area contributed by atoms with Gasteiger partial charge in [-0.1, -0.05) is 54.6 Å². The van der Waals surface area contributed by atoms with Gasteiger partial charge in [-0.15, -0.1) is 0 Å². The van der Waals surface area contributed by atoms with Gasteiger partial charge in [0.2, 0.25) is 0 Å². The Labute approximate surface area is 101 Å². The molecule has 0 amide bonds. The maximum atomic E-state index is 6.92. The summed E-state index contributed by atoms with van der Waals surface area (Å²) in [6, 6.07) is 17.6. The zero-order chi connectivity index (χ0) is 12.1. The first kappa shape index (κ1) is 11.4. The topological polar surface area (TPSA) is 13.6 Å². The average Bonchev–Trinajstić information content (AvgIpc) is 2.42. The molecule has 17 heavy (non-hydrogen) atoms. The number of hydrogen-bond donors (Lipinski definition) is 0. The fourth-order valence-electron chi connectivity index (χ4n) is 1.82. The zero-order valence-electron chi connectivity index (χ0n) is 9.63. The number of rotatable bonds is 3. The molecule has 2 nitrogen and oxygen atoms in total. The SMILES string of the molecule is [C-]#[N+]c1ccc(C(OC)c2ccccc2)cc1. The van der Waals surface area contributed by atoms with Gasteiger partial charge in [0.05, 0.1) is 6.57 Å². The summed E-state index contributed by atoms with van der Waals surface area (Å²) in [6.07, 6.45) is -0.0732. The van der Waals surface area contributed by atoms with Crippen molar-refractivity contribution >= 4 is 5.69 Å². The van der Waals surface area contributed by atoms with Crippen LogP contribution in [0.25, 0.3) is 4.85 Å². The maximum absolute atomic E-state index is 6.92. The smallest absolute Gasteiger partial charge is 0.187 e. The predicted octanol–water partition coefficient (Wildman–Crippen LogP) is 3.97. The van der Waals surface area contributed by atoms with Gasteiger partial charge in [0.1, 0.15) is 6.10 Å². The summed E-state index contributed by atoms with van der Waals surface area (Å²) < 4.78 is 5.52. The minimum absolute atomic E-state index is 0.0732. The van der Waals surface area contributed by atoms with E-state index >= 15 is 0 Å². The van der Waals surface area contributed by atoms with Gasteiger partial charge >= 0.3 is 0 Å². The van der Waals surface area contributed by atoms with E-state index in [4.69, 9.17) is 11.3 Å². The van der Waals surface area contributed by atoms with Crippen molar-refractivity contribution in [3.8, 4) is 0 Å². The third-order valence-corrected chi connectivity index (χ3v) is 2.66. The van der Waals surface area contributed by atoms with Crippen molar-refractivity contribution in [1.82, 2.24) is 0 Å². The van der Waals surface area contributed by atoms with Gasteiger partial charge in [0.25, 0.3) is 0 Å². The highest BCUT2D eigenvalue weighted by molar-refractivity contribution is 5.46. The summed E-state index contributed by atoms with van der Waals surface area (Å²) >= 11 is 0. The molecule has 1 atom stereocenters. The zero-order valence-corrected chi connectivity index (χ0v) is 9.63. The van der Waals surface area contributed by atoms with Gasteiger partial charge in [0.15, 0.2) is 5.69 Å². The molecule has 0 heterocycles. The molecule has 1 unspecified atom stereocenters. The Hall–Kier alpha value is -2.11. The Morgan fingerprint density at radius 2 is 1.53 bits per heavy atom. The molecule has 84 valence electrons. The molecule has 2 aromatic rings. The minimum atomic E-state index is -0.0732. The van der Waals surface area contributed by atoms with E-state index in [0.29, 0.717) is 5.69 Å². The van der Waals surface area contributed by atoms with Crippen LogP contribution in [0.5, 0.6) is 0 Å². The summed E-state index contributed by atoms with van der Waals surface area (Å²) in [5.41, 5.74) is 2.83. The van der Waals surface area contributed by atoms with E-state index < -0.39 is 0 Å². The van der Waals surface area contributed by atoms with Crippen LogP contribution in [-0.4, -0.2) is 7.11 Å². The number of methoxy groups -OCH3 is 1. The van der Waals surface area contributed by atoms with Crippen molar-refractivity contribution in [2.24, 2.45) is 0 Å². The highest BCUT2D eigenvalue weighted by Gasteiger charge is 2.12. The van der Waals surface area contributed by atoms with Gasteiger partial charge < -0.3 is 4.74 Å². The Balaban J connectivity index is 2.33. The van der Waals surface area contributed by atoms with Crippen LogP contribution < -0.4 is 0 Å². The molecule has 0 aromatic heterocycles. The summed E-state index contributed by atoms with van der Waals surface area (Å²) in [7, 11) is 1.69. The summed E-state index contributed by atoms with van der Waals surface area (Å²) in [5, 5.41) is 0. The van der Waals surface area contributed by atoms with Gasteiger partial charge in [-0.05, 0) is 11.1 Å². The van der Waals surface area contributed by atoms with Crippen molar-refractivity contribution in [1.29, 1.82) is 0 Å². The van der Waals surface area contributed by atoms with Crippen LogP contribution in [0.3, 0.4) is 0 Å². The summed E-state index contributed by atoms with van der Waals surface area (Å²) in [6.45, 7) is 6.92. The normalized spacial score (nSPS) is 11.8. The standard InChI is InChI=1S/C15H13NO/c1-16-14-10-8-13(9-11-14)15(17-2)12-6-4-3-5-7-12/h3-11,15H,2H3. The molecule has 2 rings (SSSR count). The van der Waals surface area contributed by atoms with Crippen molar-refractivity contribution < 1.29 is 4.74 Å². The van der Waals surface area contributed by atoms with E-state index in [2.05, 4.69) is 4.85 Å². The molecule has 0 radical (unpaired) electrons.